The van der Waals surface area contributed by atoms with Gasteiger partial charge in [-0.25, -0.2) is 0 Å². The van der Waals surface area contributed by atoms with Gasteiger partial charge in [0.2, 0.25) is 0 Å². The maximum absolute atomic E-state index is 14.0. The van der Waals surface area contributed by atoms with Gasteiger partial charge >= 0.3 is 0 Å². The van der Waals surface area contributed by atoms with E-state index >= 15 is 0 Å². The van der Waals surface area contributed by atoms with Crippen molar-refractivity contribution in [3.8, 4) is 5.75 Å². The summed E-state index contributed by atoms with van der Waals surface area (Å²) in [6.45, 7) is 1.90. The maximum Gasteiger partial charge on any atom is 0.174 e. The highest BCUT2D eigenvalue weighted by molar-refractivity contribution is 7.85. The molecule has 0 unspecified atom stereocenters. The topological polar surface area (TPSA) is 37.3 Å². The number of benzene rings is 3. The molecule has 2 nitrogen and oxygen atoms in total. The number of rotatable bonds is 3. The van der Waals surface area contributed by atoms with E-state index in [2.05, 4.69) is 0 Å². The average Bonchev–Trinajstić information content (AvgIpc) is 2.56. The molecule has 0 aliphatic heterocycles. The third-order valence-corrected chi connectivity index (χ3v) is 6.82. The van der Waals surface area contributed by atoms with E-state index in [0.717, 1.165) is 16.2 Å². The summed E-state index contributed by atoms with van der Waals surface area (Å²) < 4.78 is 14.0. The van der Waals surface area contributed by atoms with Crippen molar-refractivity contribution < 1.29 is 9.67 Å². The lowest BCUT2D eigenvalue weighted by Crippen LogP contribution is -2.25. The number of hydrogen-bond donors (Lipinski definition) is 1. The lowest BCUT2D eigenvalue weighted by molar-refractivity contribution is 0.478. The van der Waals surface area contributed by atoms with Crippen molar-refractivity contribution in [1.82, 2.24) is 0 Å². The molecule has 22 heavy (non-hydrogen) atoms. The molecule has 0 amide bonds. The Kier molecular flexibility index (Phi) is 3.87. The van der Waals surface area contributed by atoms with Gasteiger partial charge in [0.05, 0.1) is 5.30 Å². The molecule has 0 aliphatic rings. The molecule has 0 spiro atoms. The first-order valence-electron chi connectivity index (χ1n) is 7.14. The summed E-state index contributed by atoms with van der Waals surface area (Å²) >= 11 is 0. The monoisotopic (exact) mass is 308 g/mol. The molecule has 3 heteroatoms. The molecule has 0 saturated carbocycles. The first-order valence-corrected chi connectivity index (χ1v) is 8.84. The second-order valence-electron chi connectivity index (χ2n) is 5.27. The van der Waals surface area contributed by atoms with Gasteiger partial charge in [-0.05, 0) is 24.6 Å². The molecule has 0 atom stereocenters. The average molecular weight is 308 g/mol. The van der Waals surface area contributed by atoms with Gasteiger partial charge in [-0.1, -0.05) is 66.7 Å². The van der Waals surface area contributed by atoms with Crippen molar-refractivity contribution in [2.45, 2.75) is 6.92 Å². The Morgan fingerprint density at radius 2 is 1.27 bits per heavy atom. The smallest absolute Gasteiger partial charge is 0.174 e. The van der Waals surface area contributed by atoms with Crippen molar-refractivity contribution in [3.05, 3.63) is 84.4 Å². The standard InChI is InChI=1S/C19H17O2P/c1-15-12-13-19(18(20)14-15)22(21,16-8-4-2-5-9-16)17-10-6-3-7-11-17/h2-14,20H,1H3. The summed E-state index contributed by atoms with van der Waals surface area (Å²) in [6, 6.07) is 24.0. The summed E-state index contributed by atoms with van der Waals surface area (Å²) in [5, 5.41) is 12.3. The second-order valence-corrected chi connectivity index (χ2v) is 8.01. The zero-order valence-corrected chi connectivity index (χ0v) is 13.2. The van der Waals surface area contributed by atoms with Crippen molar-refractivity contribution in [1.29, 1.82) is 0 Å². The Morgan fingerprint density at radius 3 is 1.73 bits per heavy atom. The SMILES string of the molecule is Cc1ccc(P(=O)(c2ccccc2)c2ccccc2)c(O)c1. The zero-order chi connectivity index (χ0) is 15.6. The number of phenols is 1. The van der Waals surface area contributed by atoms with E-state index < -0.39 is 7.14 Å². The van der Waals surface area contributed by atoms with E-state index in [1.54, 1.807) is 12.1 Å². The minimum absolute atomic E-state index is 0.0797. The molecule has 1 N–H and O–H groups in total. The minimum atomic E-state index is -3.08. The Hall–Kier alpha value is -2.31. The van der Waals surface area contributed by atoms with E-state index in [1.165, 1.54) is 0 Å². The highest BCUT2D eigenvalue weighted by Crippen LogP contribution is 2.44. The van der Waals surface area contributed by atoms with E-state index in [1.807, 2.05) is 73.7 Å². The predicted octanol–water partition coefficient (Wildman–Crippen LogP) is 3.34. The van der Waals surface area contributed by atoms with Crippen LogP contribution in [0.2, 0.25) is 0 Å². The summed E-state index contributed by atoms with van der Waals surface area (Å²) in [7, 11) is -3.08. The molecular formula is C19H17O2P. The molecule has 3 aromatic rings. The van der Waals surface area contributed by atoms with Gasteiger partial charge in [-0.2, -0.15) is 0 Å². The molecule has 0 aliphatic carbocycles. The Labute approximate surface area is 130 Å². The van der Waals surface area contributed by atoms with Crippen LogP contribution in [0.15, 0.2) is 78.9 Å². The molecule has 0 radical (unpaired) electrons. The quantitative estimate of drug-likeness (QED) is 0.754. The van der Waals surface area contributed by atoms with Crippen LogP contribution in [0.1, 0.15) is 5.56 Å². The zero-order valence-electron chi connectivity index (χ0n) is 12.3. The van der Waals surface area contributed by atoms with Crippen LogP contribution in [0.5, 0.6) is 5.75 Å². The first-order chi connectivity index (χ1) is 10.6. The summed E-state index contributed by atoms with van der Waals surface area (Å²) in [5.41, 5.74) is 0.939. The largest absolute Gasteiger partial charge is 0.507 e. The molecule has 0 bridgehead atoms. The van der Waals surface area contributed by atoms with E-state index in [9.17, 15) is 9.67 Å². The second kappa shape index (κ2) is 5.82. The molecule has 0 heterocycles. The van der Waals surface area contributed by atoms with Crippen LogP contribution >= 0.6 is 7.14 Å². The van der Waals surface area contributed by atoms with Gasteiger partial charge in [-0.3, -0.25) is 0 Å². The van der Waals surface area contributed by atoms with Gasteiger partial charge in [0.1, 0.15) is 5.75 Å². The third kappa shape index (κ3) is 2.47. The molecule has 3 rings (SSSR count). The lowest BCUT2D eigenvalue weighted by atomic mass is 10.2. The summed E-state index contributed by atoms with van der Waals surface area (Å²) in [5.74, 6) is 0.0797. The predicted molar refractivity (Wildman–Crippen MR) is 92.2 cm³/mol. The molecule has 0 saturated heterocycles. The van der Waals surface area contributed by atoms with Crippen LogP contribution in [0, 0.1) is 6.92 Å². The Bertz CT molecular complexity index is 783. The summed E-state index contributed by atoms with van der Waals surface area (Å²) in [4.78, 5) is 0. The third-order valence-electron chi connectivity index (χ3n) is 3.71. The highest BCUT2D eigenvalue weighted by atomic mass is 31.2. The molecule has 110 valence electrons. The summed E-state index contributed by atoms with van der Waals surface area (Å²) in [6.07, 6.45) is 0. The fraction of sp³-hybridized carbons (Fsp3) is 0.0526. The molecule has 0 fully saturated rings. The number of aryl methyl sites for hydroxylation is 1. The van der Waals surface area contributed by atoms with Crippen LogP contribution in [0.25, 0.3) is 0 Å². The fourth-order valence-electron chi connectivity index (χ4n) is 2.60. The number of hydrogen-bond acceptors (Lipinski definition) is 2. The fourth-order valence-corrected chi connectivity index (χ4v) is 5.31. The van der Waals surface area contributed by atoms with Crippen LogP contribution in [0.3, 0.4) is 0 Å². The van der Waals surface area contributed by atoms with Crippen LogP contribution in [0.4, 0.5) is 0 Å². The van der Waals surface area contributed by atoms with Crippen molar-refractivity contribution in [3.63, 3.8) is 0 Å². The normalized spacial score (nSPS) is 11.3. The molecular weight excluding hydrogens is 291 g/mol. The Morgan fingerprint density at radius 1 is 0.773 bits per heavy atom. The number of phenolic OH excluding ortho intramolecular Hbond substituents is 1. The van der Waals surface area contributed by atoms with Crippen molar-refractivity contribution in [2.75, 3.05) is 0 Å². The number of aromatic hydroxyl groups is 1. The van der Waals surface area contributed by atoms with Gasteiger partial charge < -0.3 is 9.67 Å². The maximum atomic E-state index is 14.0. The van der Waals surface area contributed by atoms with Crippen LogP contribution in [-0.2, 0) is 4.57 Å². The van der Waals surface area contributed by atoms with Crippen molar-refractivity contribution in [2.24, 2.45) is 0 Å². The molecule has 3 aromatic carbocycles. The van der Waals surface area contributed by atoms with Gasteiger partial charge in [-0.15, -0.1) is 0 Å². The van der Waals surface area contributed by atoms with Crippen LogP contribution < -0.4 is 15.9 Å². The molecule has 0 aromatic heterocycles. The van der Waals surface area contributed by atoms with E-state index in [0.29, 0.717) is 5.30 Å². The van der Waals surface area contributed by atoms with Gasteiger partial charge in [0.25, 0.3) is 0 Å². The minimum Gasteiger partial charge on any atom is -0.507 e. The Balaban J connectivity index is 2.31. The van der Waals surface area contributed by atoms with Crippen LogP contribution in [-0.4, -0.2) is 5.11 Å². The van der Waals surface area contributed by atoms with E-state index in [-0.39, 0.29) is 5.75 Å². The van der Waals surface area contributed by atoms with Gasteiger partial charge in [0, 0.05) is 10.6 Å². The van der Waals surface area contributed by atoms with E-state index in [4.69, 9.17) is 0 Å². The van der Waals surface area contributed by atoms with Gasteiger partial charge in [0.15, 0.2) is 7.14 Å². The first kappa shape index (κ1) is 14.6. The highest BCUT2D eigenvalue weighted by Gasteiger charge is 2.31. The van der Waals surface area contributed by atoms with Crippen molar-refractivity contribution >= 4 is 23.1 Å². The lowest BCUT2D eigenvalue weighted by Gasteiger charge is -2.21.